The first-order chi connectivity index (χ1) is 14.6. The Balaban J connectivity index is 1.29. The lowest BCUT2D eigenvalue weighted by atomic mass is 10.1. The first-order valence-corrected chi connectivity index (χ1v) is 9.51. The van der Waals surface area contributed by atoms with Gasteiger partial charge in [-0.1, -0.05) is 30.3 Å². The van der Waals surface area contributed by atoms with Crippen LogP contribution in [-0.4, -0.2) is 34.2 Å². The fourth-order valence-corrected chi connectivity index (χ4v) is 3.19. The molecule has 0 fully saturated rings. The van der Waals surface area contributed by atoms with E-state index < -0.39 is 0 Å². The molecule has 2 aromatic carbocycles. The second kappa shape index (κ2) is 8.57. The van der Waals surface area contributed by atoms with E-state index in [4.69, 9.17) is 4.74 Å². The summed E-state index contributed by atoms with van der Waals surface area (Å²) in [7, 11) is 0. The van der Waals surface area contributed by atoms with Crippen LogP contribution in [0.2, 0.25) is 0 Å². The summed E-state index contributed by atoms with van der Waals surface area (Å²) < 4.78 is 5.69. The summed E-state index contributed by atoms with van der Waals surface area (Å²) >= 11 is 0. The first kappa shape index (κ1) is 19.3. The minimum absolute atomic E-state index is 0.0373. The molecule has 0 aliphatic carbocycles. The number of benzene rings is 2. The zero-order valence-corrected chi connectivity index (χ0v) is 16.1. The summed E-state index contributed by atoms with van der Waals surface area (Å²) in [6.07, 6.45) is 1.68. The average Bonchev–Trinajstić information content (AvgIpc) is 3.02. The highest BCUT2D eigenvalue weighted by atomic mass is 16.5. The number of nitrogens with one attached hydrogen (secondary N) is 1. The van der Waals surface area contributed by atoms with Gasteiger partial charge in [-0.15, -0.1) is 0 Å². The van der Waals surface area contributed by atoms with Crippen molar-refractivity contribution in [3.05, 3.63) is 89.6 Å². The highest BCUT2D eigenvalue weighted by Crippen LogP contribution is 2.22. The summed E-state index contributed by atoms with van der Waals surface area (Å²) in [4.78, 5) is 42.1. The fraction of sp³-hybridized carbons (Fsp3) is 0.130. The van der Waals surface area contributed by atoms with E-state index in [2.05, 4.69) is 10.3 Å². The standard InChI is InChI=1S/C23H19N3O4/c27-20(11-13-26-22(28)18-8-1-2-9-19(18)23(26)29)25-15-16-6-5-7-17(14-16)30-21-10-3-4-12-24-21/h1-10,12,14H,11,13,15H2,(H,25,27). The van der Waals surface area contributed by atoms with E-state index in [1.807, 2.05) is 30.3 Å². The molecule has 3 aromatic rings. The molecule has 150 valence electrons. The van der Waals surface area contributed by atoms with Crippen molar-refractivity contribution in [2.45, 2.75) is 13.0 Å². The van der Waals surface area contributed by atoms with Gasteiger partial charge in [0.25, 0.3) is 11.8 Å². The second-order valence-electron chi connectivity index (χ2n) is 6.75. The number of nitrogens with zero attached hydrogens (tertiary/aromatic N) is 2. The topological polar surface area (TPSA) is 88.6 Å². The van der Waals surface area contributed by atoms with Crippen molar-refractivity contribution in [1.82, 2.24) is 15.2 Å². The molecule has 0 bridgehead atoms. The van der Waals surface area contributed by atoms with Crippen LogP contribution in [-0.2, 0) is 11.3 Å². The maximum Gasteiger partial charge on any atom is 0.261 e. The molecule has 0 radical (unpaired) electrons. The summed E-state index contributed by atoms with van der Waals surface area (Å²) in [6, 6.07) is 19.4. The van der Waals surface area contributed by atoms with Gasteiger partial charge in [-0.05, 0) is 35.9 Å². The molecule has 1 aliphatic heterocycles. The molecule has 0 atom stereocenters. The Morgan fingerprint density at radius 2 is 1.67 bits per heavy atom. The Kier molecular flexibility index (Phi) is 5.52. The van der Waals surface area contributed by atoms with Crippen molar-refractivity contribution in [2.75, 3.05) is 6.54 Å². The molecule has 1 aliphatic rings. The van der Waals surface area contributed by atoms with Gasteiger partial charge >= 0.3 is 0 Å². The van der Waals surface area contributed by atoms with Crippen molar-refractivity contribution in [1.29, 1.82) is 0 Å². The SMILES string of the molecule is O=C(CCN1C(=O)c2ccccc2C1=O)NCc1cccc(Oc2ccccn2)c1. The number of fused-ring (bicyclic) bond motifs is 1. The van der Waals surface area contributed by atoms with Crippen LogP contribution in [0.15, 0.2) is 72.9 Å². The molecule has 0 saturated heterocycles. The number of carbonyl (C=O) groups excluding carboxylic acids is 3. The lowest BCUT2D eigenvalue weighted by Gasteiger charge is -2.13. The third-order valence-corrected chi connectivity index (χ3v) is 4.69. The number of aromatic nitrogens is 1. The monoisotopic (exact) mass is 401 g/mol. The maximum atomic E-state index is 12.3. The van der Waals surface area contributed by atoms with Crippen molar-refractivity contribution in [2.24, 2.45) is 0 Å². The van der Waals surface area contributed by atoms with Crippen LogP contribution in [0.4, 0.5) is 0 Å². The third-order valence-electron chi connectivity index (χ3n) is 4.69. The minimum atomic E-state index is -0.359. The highest BCUT2D eigenvalue weighted by molar-refractivity contribution is 6.21. The molecule has 1 aromatic heterocycles. The van der Waals surface area contributed by atoms with E-state index in [-0.39, 0.29) is 30.7 Å². The van der Waals surface area contributed by atoms with Gasteiger partial charge in [0.15, 0.2) is 0 Å². The molecule has 30 heavy (non-hydrogen) atoms. The Labute approximate surface area is 173 Å². The van der Waals surface area contributed by atoms with Gasteiger partial charge in [-0.2, -0.15) is 0 Å². The smallest absolute Gasteiger partial charge is 0.261 e. The summed E-state index contributed by atoms with van der Waals surface area (Å²) in [5.41, 5.74) is 1.62. The van der Waals surface area contributed by atoms with Crippen LogP contribution < -0.4 is 10.1 Å². The summed E-state index contributed by atoms with van der Waals surface area (Å²) in [6.45, 7) is 0.349. The number of ether oxygens (including phenoxy) is 1. The van der Waals surface area contributed by atoms with Crippen LogP contribution >= 0.6 is 0 Å². The number of imide groups is 1. The normalized spacial score (nSPS) is 12.6. The van der Waals surface area contributed by atoms with Gasteiger partial charge in [0.2, 0.25) is 11.8 Å². The zero-order valence-electron chi connectivity index (χ0n) is 16.1. The molecule has 0 unspecified atom stereocenters. The third kappa shape index (κ3) is 4.20. The van der Waals surface area contributed by atoms with Gasteiger partial charge < -0.3 is 10.1 Å². The molecule has 4 rings (SSSR count). The maximum absolute atomic E-state index is 12.3. The molecular weight excluding hydrogens is 382 g/mol. The van der Waals surface area contributed by atoms with Crippen molar-refractivity contribution < 1.29 is 19.1 Å². The molecular formula is C23H19N3O4. The number of amides is 3. The molecule has 0 spiro atoms. The van der Waals surface area contributed by atoms with E-state index in [1.165, 1.54) is 0 Å². The number of pyridine rings is 1. The van der Waals surface area contributed by atoms with Crippen LogP contribution in [0.25, 0.3) is 0 Å². The van der Waals surface area contributed by atoms with Crippen molar-refractivity contribution >= 4 is 17.7 Å². The quantitative estimate of drug-likeness (QED) is 0.615. The predicted octanol–water partition coefficient (Wildman–Crippen LogP) is 3.18. The number of hydrogen-bond acceptors (Lipinski definition) is 5. The van der Waals surface area contributed by atoms with E-state index in [1.54, 1.807) is 42.6 Å². The van der Waals surface area contributed by atoms with Crippen molar-refractivity contribution in [3.8, 4) is 11.6 Å². The second-order valence-corrected chi connectivity index (χ2v) is 6.75. The Morgan fingerprint density at radius 3 is 2.37 bits per heavy atom. The predicted molar refractivity (Wildman–Crippen MR) is 109 cm³/mol. The van der Waals surface area contributed by atoms with E-state index in [0.29, 0.717) is 29.3 Å². The van der Waals surface area contributed by atoms with Crippen LogP contribution in [0.5, 0.6) is 11.6 Å². The molecule has 7 heteroatoms. The molecule has 0 saturated carbocycles. The fourth-order valence-electron chi connectivity index (χ4n) is 3.19. The zero-order chi connectivity index (χ0) is 20.9. The Morgan fingerprint density at radius 1 is 0.933 bits per heavy atom. The molecule has 1 N–H and O–H groups in total. The first-order valence-electron chi connectivity index (χ1n) is 9.51. The van der Waals surface area contributed by atoms with E-state index >= 15 is 0 Å². The number of hydrogen-bond donors (Lipinski definition) is 1. The van der Waals surface area contributed by atoms with Gasteiger partial charge in [0, 0.05) is 31.8 Å². The highest BCUT2D eigenvalue weighted by Gasteiger charge is 2.34. The number of rotatable bonds is 7. The molecule has 3 amide bonds. The van der Waals surface area contributed by atoms with Crippen LogP contribution in [0.1, 0.15) is 32.7 Å². The van der Waals surface area contributed by atoms with Crippen molar-refractivity contribution in [3.63, 3.8) is 0 Å². The van der Waals surface area contributed by atoms with E-state index in [0.717, 1.165) is 10.5 Å². The lowest BCUT2D eigenvalue weighted by molar-refractivity contribution is -0.121. The van der Waals surface area contributed by atoms with Gasteiger partial charge in [0.1, 0.15) is 5.75 Å². The van der Waals surface area contributed by atoms with Gasteiger partial charge in [-0.25, -0.2) is 4.98 Å². The Hall–Kier alpha value is -4.00. The lowest BCUT2D eigenvalue weighted by Crippen LogP contribution is -2.34. The van der Waals surface area contributed by atoms with E-state index in [9.17, 15) is 14.4 Å². The average molecular weight is 401 g/mol. The molecule has 7 nitrogen and oxygen atoms in total. The van der Waals surface area contributed by atoms with Crippen LogP contribution in [0, 0.1) is 0 Å². The minimum Gasteiger partial charge on any atom is -0.439 e. The largest absolute Gasteiger partial charge is 0.439 e. The van der Waals surface area contributed by atoms with Crippen LogP contribution in [0.3, 0.4) is 0 Å². The molecule has 2 heterocycles. The number of carbonyl (C=O) groups is 3. The summed E-state index contributed by atoms with van der Waals surface area (Å²) in [5, 5.41) is 2.81. The Bertz CT molecular complexity index is 1060. The summed E-state index contributed by atoms with van der Waals surface area (Å²) in [5.74, 6) is 0.138. The van der Waals surface area contributed by atoms with Gasteiger partial charge in [0.05, 0.1) is 11.1 Å². The van der Waals surface area contributed by atoms with Gasteiger partial charge in [-0.3, -0.25) is 19.3 Å².